The molecule has 0 aromatic heterocycles. The number of alkyl halides is 1. The highest BCUT2D eigenvalue weighted by Crippen LogP contribution is 2.08. The quantitative estimate of drug-likeness (QED) is 0.446. The molecule has 37 valence electrons. The van der Waals surface area contributed by atoms with E-state index < -0.39 is 0 Å². The first-order valence-corrected chi connectivity index (χ1v) is 3.36. The summed E-state index contributed by atoms with van der Waals surface area (Å²) < 4.78 is 0.572. The van der Waals surface area contributed by atoms with Crippen molar-refractivity contribution in [2.45, 2.75) is 17.8 Å². The maximum Gasteiger partial charge on any atom is 0.0133 e. The molecule has 0 aromatic carbocycles. The van der Waals surface area contributed by atoms with Crippen LogP contribution in [0.3, 0.4) is 0 Å². The van der Waals surface area contributed by atoms with E-state index in [1.165, 1.54) is 0 Å². The molecule has 0 N–H and O–H groups in total. The van der Waals surface area contributed by atoms with Crippen LogP contribution in [0, 0.1) is 12.8 Å². The number of hydrogen-bond donors (Lipinski definition) is 0. The number of halogens is 1. The molecule has 0 nitrogen and oxygen atoms in total. The van der Waals surface area contributed by atoms with Crippen molar-refractivity contribution in [3.63, 3.8) is 0 Å². The molecule has 0 amide bonds. The second-order valence-corrected chi connectivity index (χ2v) is 3.36. The topological polar surface area (TPSA) is 0 Å². The van der Waals surface area contributed by atoms with Gasteiger partial charge in [0.15, 0.2) is 0 Å². The molecule has 0 fully saturated rings. The van der Waals surface area contributed by atoms with Crippen LogP contribution >= 0.6 is 22.6 Å². The Balaban J connectivity index is 2.99. The van der Waals surface area contributed by atoms with Gasteiger partial charge < -0.3 is 0 Å². The van der Waals surface area contributed by atoms with E-state index >= 15 is 0 Å². The van der Waals surface area contributed by atoms with Crippen molar-refractivity contribution in [3.8, 4) is 0 Å². The summed E-state index contributed by atoms with van der Waals surface area (Å²) in [5.74, 6) is 0.727. The first-order chi connectivity index (χ1) is 2.64. The summed E-state index contributed by atoms with van der Waals surface area (Å²) >= 11 is 2.32. The predicted octanol–water partition coefficient (Wildman–Crippen LogP) is 2.28. The van der Waals surface area contributed by atoms with Crippen molar-refractivity contribution in [3.05, 3.63) is 6.92 Å². The fraction of sp³-hybridized carbons (Fsp3) is 0.800. The average molecular weight is 197 g/mol. The third-order valence-electron chi connectivity index (χ3n) is 0.723. The van der Waals surface area contributed by atoms with Crippen molar-refractivity contribution in [2.75, 3.05) is 0 Å². The van der Waals surface area contributed by atoms with Gasteiger partial charge in [-0.25, -0.2) is 0 Å². The van der Waals surface area contributed by atoms with Gasteiger partial charge in [0.05, 0.1) is 0 Å². The van der Waals surface area contributed by atoms with Crippen molar-refractivity contribution in [1.82, 2.24) is 0 Å². The molecule has 1 unspecified atom stereocenters. The molecular weight excluding hydrogens is 187 g/mol. The average Bonchev–Trinajstić information content (AvgIpc) is 1.36. The minimum atomic E-state index is 0.572. The van der Waals surface area contributed by atoms with Gasteiger partial charge in [0.2, 0.25) is 0 Å². The van der Waals surface area contributed by atoms with E-state index in [2.05, 4.69) is 43.4 Å². The Bertz CT molecular complexity index is 24.9. The van der Waals surface area contributed by atoms with Gasteiger partial charge in [-0.05, 0) is 12.8 Å². The maximum absolute atomic E-state index is 3.82. The van der Waals surface area contributed by atoms with Crippen LogP contribution in [0.5, 0.6) is 0 Å². The molecule has 0 saturated carbocycles. The van der Waals surface area contributed by atoms with Crippen molar-refractivity contribution in [1.29, 1.82) is 0 Å². The van der Waals surface area contributed by atoms with Gasteiger partial charge >= 0.3 is 0 Å². The lowest BCUT2D eigenvalue weighted by molar-refractivity contribution is 0.693. The zero-order chi connectivity index (χ0) is 5.15. The van der Waals surface area contributed by atoms with Crippen LogP contribution in [0.2, 0.25) is 0 Å². The summed E-state index contributed by atoms with van der Waals surface area (Å²) in [6.07, 6.45) is 0. The van der Waals surface area contributed by atoms with Crippen LogP contribution in [0.4, 0.5) is 0 Å². The minimum absolute atomic E-state index is 0.572. The van der Waals surface area contributed by atoms with Crippen LogP contribution in [0.1, 0.15) is 13.8 Å². The zero-order valence-electron chi connectivity index (χ0n) is 4.24. The van der Waals surface area contributed by atoms with Gasteiger partial charge in [0.25, 0.3) is 0 Å². The minimum Gasteiger partial charge on any atom is -0.0823 e. The molecule has 0 spiro atoms. The molecule has 6 heavy (non-hydrogen) atoms. The third kappa shape index (κ3) is 2.94. The molecule has 0 bridgehead atoms. The Hall–Kier alpha value is 0.730. The Labute approximate surface area is 53.5 Å². The summed E-state index contributed by atoms with van der Waals surface area (Å²) in [7, 11) is 0. The Kier molecular flexibility index (Phi) is 3.17. The first kappa shape index (κ1) is 6.73. The second kappa shape index (κ2) is 2.83. The molecule has 0 rings (SSSR count). The summed E-state index contributed by atoms with van der Waals surface area (Å²) in [6.45, 7) is 8.17. The fourth-order valence-electron chi connectivity index (χ4n) is 0. The Morgan fingerprint density at radius 1 is 1.50 bits per heavy atom. The molecular formula is C5H10I. The van der Waals surface area contributed by atoms with Gasteiger partial charge in [0, 0.05) is 3.92 Å². The molecule has 0 aromatic rings. The lowest BCUT2D eigenvalue weighted by Gasteiger charge is -2.03. The molecule has 1 heteroatoms. The molecule has 0 aliphatic carbocycles. The van der Waals surface area contributed by atoms with E-state index in [0.717, 1.165) is 5.92 Å². The van der Waals surface area contributed by atoms with Gasteiger partial charge in [0.1, 0.15) is 0 Å². The highest BCUT2D eigenvalue weighted by molar-refractivity contribution is 14.1. The first-order valence-electron chi connectivity index (χ1n) is 2.11. The van der Waals surface area contributed by atoms with Crippen LogP contribution in [0.25, 0.3) is 0 Å². The smallest absolute Gasteiger partial charge is 0.0133 e. The van der Waals surface area contributed by atoms with Gasteiger partial charge in [-0.2, -0.15) is 0 Å². The van der Waals surface area contributed by atoms with E-state index in [9.17, 15) is 0 Å². The highest BCUT2D eigenvalue weighted by atomic mass is 127. The molecule has 1 radical (unpaired) electrons. The highest BCUT2D eigenvalue weighted by Gasteiger charge is 1.97. The molecule has 0 heterocycles. The van der Waals surface area contributed by atoms with E-state index in [4.69, 9.17) is 0 Å². The molecule has 0 aliphatic rings. The molecule has 0 aliphatic heterocycles. The van der Waals surface area contributed by atoms with Crippen LogP contribution in [0.15, 0.2) is 0 Å². The van der Waals surface area contributed by atoms with Crippen molar-refractivity contribution in [2.24, 2.45) is 5.92 Å². The van der Waals surface area contributed by atoms with Crippen molar-refractivity contribution < 1.29 is 0 Å². The van der Waals surface area contributed by atoms with E-state index in [1.54, 1.807) is 0 Å². The van der Waals surface area contributed by atoms with E-state index in [-0.39, 0.29) is 0 Å². The van der Waals surface area contributed by atoms with Gasteiger partial charge in [-0.15, -0.1) is 0 Å². The monoisotopic (exact) mass is 197 g/mol. The normalized spacial score (nSPS) is 15.5. The summed E-state index contributed by atoms with van der Waals surface area (Å²) in [5, 5.41) is 0. The Morgan fingerprint density at radius 2 is 1.67 bits per heavy atom. The molecule has 0 saturated heterocycles. The summed E-state index contributed by atoms with van der Waals surface area (Å²) in [5.41, 5.74) is 0. The largest absolute Gasteiger partial charge is 0.0823 e. The zero-order valence-corrected chi connectivity index (χ0v) is 6.40. The van der Waals surface area contributed by atoms with E-state index in [1.807, 2.05) is 0 Å². The summed E-state index contributed by atoms with van der Waals surface area (Å²) in [4.78, 5) is 0. The lowest BCUT2D eigenvalue weighted by atomic mass is 10.2. The fourth-order valence-corrected chi connectivity index (χ4v) is 0. The van der Waals surface area contributed by atoms with Crippen LogP contribution < -0.4 is 0 Å². The van der Waals surface area contributed by atoms with Crippen molar-refractivity contribution >= 4 is 22.6 Å². The molecule has 1 atom stereocenters. The Morgan fingerprint density at radius 3 is 1.67 bits per heavy atom. The second-order valence-electron chi connectivity index (χ2n) is 1.76. The number of hydrogen-bond acceptors (Lipinski definition) is 0. The van der Waals surface area contributed by atoms with E-state index in [0.29, 0.717) is 3.92 Å². The van der Waals surface area contributed by atoms with Gasteiger partial charge in [-0.3, -0.25) is 0 Å². The predicted molar refractivity (Wildman–Crippen MR) is 38.0 cm³/mol. The SMILES string of the molecule is [CH2]C(I)C(C)C. The van der Waals surface area contributed by atoms with Gasteiger partial charge in [-0.1, -0.05) is 36.4 Å². The van der Waals surface area contributed by atoms with Crippen LogP contribution in [-0.4, -0.2) is 3.92 Å². The maximum atomic E-state index is 3.82. The lowest BCUT2D eigenvalue weighted by Crippen LogP contribution is -1.99. The number of rotatable bonds is 1. The third-order valence-corrected chi connectivity index (χ3v) is 2.16. The summed E-state index contributed by atoms with van der Waals surface area (Å²) in [6, 6.07) is 0. The van der Waals surface area contributed by atoms with Crippen LogP contribution in [-0.2, 0) is 0 Å². The standard InChI is InChI=1S/C5H10I/c1-4(2)5(3)6/h4-5H,3H2,1-2H3.